The van der Waals surface area contributed by atoms with Gasteiger partial charge in [0.1, 0.15) is 5.82 Å². The Morgan fingerprint density at radius 1 is 1.16 bits per heavy atom. The average molecular weight is 336 g/mol. The number of hydrogen-bond donors (Lipinski definition) is 1. The lowest BCUT2D eigenvalue weighted by molar-refractivity contribution is 0.0933. The molecule has 1 N–H and O–H groups in total. The number of amides is 1. The maximum atomic E-state index is 12.4. The van der Waals surface area contributed by atoms with Gasteiger partial charge in [-0.25, -0.2) is 0 Å². The Labute approximate surface area is 145 Å². The molecule has 1 fully saturated rings. The molecule has 3 aromatic rings. The van der Waals surface area contributed by atoms with Crippen LogP contribution in [0.4, 0.5) is 5.82 Å². The van der Waals surface area contributed by atoms with Gasteiger partial charge in [0.25, 0.3) is 5.91 Å². The number of benzene rings is 1. The van der Waals surface area contributed by atoms with Crippen LogP contribution in [-0.4, -0.2) is 44.8 Å². The van der Waals surface area contributed by atoms with Gasteiger partial charge in [-0.05, 0) is 44.0 Å². The predicted octanol–water partition coefficient (Wildman–Crippen LogP) is 1.83. The molecule has 1 atom stereocenters. The molecule has 0 radical (unpaired) electrons. The first-order valence-electron chi connectivity index (χ1n) is 8.50. The SMILES string of the molecule is Cc1nnc2ccc(N3CCCC(NC(=O)c4ccccc4)C3)nn12. The number of hydrogen-bond acceptors (Lipinski definition) is 5. The van der Waals surface area contributed by atoms with Gasteiger partial charge in [0.15, 0.2) is 11.5 Å². The largest absolute Gasteiger partial charge is 0.353 e. The number of piperidine rings is 1. The maximum Gasteiger partial charge on any atom is 0.251 e. The molecule has 0 aliphatic carbocycles. The van der Waals surface area contributed by atoms with E-state index >= 15 is 0 Å². The monoisotopic (exact) mass is 336 g/mol. The Hall–Kier alpha value is -2.96. The molecule has 7 nitrogen and oxygen atoms in total. The lowest BCUT2D eigenvalue weighted by Gasteiger charge is -2.33. The van der Waals surface area contributed by atoms with E-state index in [1.807, 2.05) is 49.4 Å². The molecule has 0 saturated carbocycles. The molecule has 0 spiro atoms. The first kappa shape index (κ1) is 15.6. The molecule has 0 bridgehead atoms. The number of fused-ring (bicyclic) bond motifs is 1. The van der Waals surface area contributed by atoms with Crippen molar-refractivity contribution in [2.45, 2.75) is 25.8 Å². The zero-order chi connectivity index (χ0) is 17.2. The first-order valence-corrected chi connectivity index (χ1v) is 8.50. The van der Waals surface area contributed by atoms with Gasteiger partial charge in [-0.15, -0.1) is 15.3 Å². The van der Waals surface area contributed by atoms with E-state index in [1.54, 1.807) is 4.52 Å². The van der Waals surface area contributed by atoms with Gasteiger partial charge in [0, 0.05) is 24.7 Å². The number of nitrogens with zero attached hydrogens (tertiary/aromatic N) is 5. The van der Waals surface area contributed by atoms with E-state index in [2.05, 4.69) is 25.5 Å². The quantitative estimate of drug-likeness (QED) is 0.790. The Bertz CT molecular complexity index is 891. The Morgan fingerprint density at radius 3 is 2.84 bits per heavy atom. The van der Waals surface area contributed by atoms with Crippen molar-refractivity contribution in [2.24, 2.45) is 0 Å². The van der Waals surface area contributed by atoms with Gasteiger partial charge in [0.2, 0.25) is 0 Å². The van der Waals surface area contributed by atoms with Crippen molar-refractivity contribution in [3.8, 4) is 0 Å². The van der Waals surface area contributed by atoms with Crippen LogP contribution < -0.4 is 10.2 Å². The topological polar surface area (TPSA) is 75.4 Å². The van der Waals surface area contributed by atoms with Crippen molar-refractivity contribution in [3.05, 3.63) is 53.9 Å². The molecule has 1 aliphatic heterocycles. The lowest BCUT2D eigenvalue weighted by Crippen LogP contribution is -2.48. The summed E-state index contributed by atoms with van der Waals surface area (Å²) < 4.78 is 1.75. The van der Waals surface area contributed by atoms with Gasteiger partial charge in [-0.1, -0.05) is 18.2 Å². The van der Waals surface area contributed by atoms with Crippen LogP contribution >= 0.6 is 0 Å². The van der Waals surface area contributed by atoms with Gasteiger partial charge in [-0.2, -0.15) is 4.52 Å². The van der Waals surface area contributed by atoms with Crippen molar-refractivity contribution >= 4 is 17.4 Å². The van der Waals surface area contributed by atoms with Gasteiger partial charge in [0.05, 0.1) is 0 Å². The second-order valence-corrected chi connectivity index (χ2v) is 6.33. The number of carbonyl (C=O) groups is 1. The molecule has 1 aliphatic rings. The highest BCUT2D eigenvalue weighted by Gasteiger charge is 2.23. The van der Waals surface area contributed by atoms with Crippen LogP contribution in [0.5, 0.6) is 0 Å². The summed E-state index contributed by atoms with van der Waals surface area (Å²) in [6.07, 6.45) is 1.99. The number of aromatic nitrogens is 4. The van der Waals surface area contributed by atoms with E-state index in [4.69, 9.17) is 0 Å². The fourth-order valence-electron chi connectivity index (χ4n) is 3.22. The van der Waals surface area contributed by atoms with E-state index < -0.39 is 0 Å². The van der Waals surface area contributed by atoms with E-state index in [0.717, 1.165) is 43.2 Å². The normalized spacial score (nSPS) is 17.6. The Balaban J connectivity index is 1.48. The number of carbonyl (C=O) groups excluding carboxylic acids is 1. The molecule has 128 valence electrons. The minimum Gasteiger partial charge on any atom is -0.353 e. The van der Waals surface area contributed by atoms with Crippen molar-refractivity contribution in [2.75, 3.05) is 18.0 Å². The van der Waals surface area contributed by atoms with Crippen molar-refractivity contribution in [1.29, 1.82) is 0 Å². The smallest absolute Gasteiger partial charge is 0.251 e. The Morgan fingerprint density at radius 2 is 2.00 bits per heavy atom. The molecular formula is C18H20N6O. The highest BCUT2D eigenvalue weighted by atomic mass is 16.1. The highest BCUT2D eigenvalue weighted by molar-refractivity contribution is 5.94. The van der Waals surface area contributed by atoms with Crippen molar-refractivity contribution in [3.63, 3.8) is 0 Å². The maximum absolute atomic E-state index is 12.4. The van der Waals surface area contributed by atoms with Crippen LogP contribution in [-0.2, 0) is 0 Å². The fraction of sp³-hybridized carbons (Fsp3) is 0.333. The highest BCUT2D eigenvalue weighted by Crippen LogP contribution is 2.18. The summed E-state index contributed by atoms with van der Waals surface area (Å²) in [7, 11) is 0. The summed E-state index contributed by atoms with van der Waals surface area (Å²) in [6.45, 7) is 3.56. The minimum atomic E-state index is -0.0227. The van der Waals surface area contributed by atoms with Crippen molar-refractivity contribution < 1.29 is 4.79 Å². The molecule has 3 heterocycles. The molecule has 1 amide bonds. The Kier molecular flexibility index (Phi) is 4.05. The van der Waals surface area contributed by atoms with Crippen LogP contribution in [0.15, 0.2) is 42.5 Å². The van der Waals surface area contributed by atoms with E-state index in [-0.39, 0.29) is 11.9 Å². The average Bonchev–Trinajstić information content (AvgIpc) is 3.03. The molecule has 1 aromatic carbocycles. The minimum absolute atomic E-state index is 0.0227. The third kappa shape index (κ3) is 3.17. The van der Waals surface area contributed by atoms with Crippen LogP contribution in [0, 0.1) is 6.92 Å². The molecule has 1 unspecified atom stereocenters. The first-order chi connectivity index (χ1) is 12.2. The predicted molar refractivity (Wildman–Crippen MR) is 94.7 cm³/mol. The van der Waals surface area contributed by atoms with E-state index in [0.29, 0.717) is 5.56 Å². The van der Waals surface area contributed by atoms with Gasteiger partial charge in [-0.3, -0.25) is 4.79 Å². The third-order valence-electron chi connectivity index (χ3n) is 4.52. The summed E-state index contributed by atoms with van der Waals surface area (Å²) in [4.78, 5) is 14.6. The van der Waals surface area contributed by atoms with Crippen LogP contribution in [0.1, 0.15) is 29.0 Å². The third-order valence-corrected chi connectivity index (χ3v) is 4.52. The second kappa shape index (κ2) is 6.51. The molecule has 4 rings (SSSR count). The van der Waals surface area contributed by atoms with Crippen LogP contribution in [0.25, 0.3) is 5.65 Å². The summed E-state index contributed by atoms with van der Waals surface area (Å²) in [5.74, 6) is 1.63. The van der Waals surface area contributed by atoms with Crippen LogP contribution in [0.2, 0.25) is 0 Å². The number of anilines is 1. The van der Waals surface area contributed by atoms with Gasteiger partial charge >= 0.3 is 0 Å². The van der Waals surface area contributed by atoms with Crippen LogP contribution in [0.3, 0.4) is 0 Å². The van der Waals surface area contributed by atoms with E-state index in [1.165, 1.54) is 0 Å². The molecular weight excluding hydrogens is 316 g/mol. The van der Waals surface area contributed by atoms with Crippen molar-refractivity contribution in [1.82, 2.24) is 25.1 Å². The zero-order valence-electron chi connectivity index (χ0n) is 14.1. The fourth-order valence-corrected chi connectivity index (χ4v) is 3.22. The molecule has 25 heavy (non-hydrogen) atoms. The number of aryl methyl sites for hydroxylation is 1. The zero-order valence-corrected chi connectivity index (χ0v) is 14.1. The molecule has 7 heteroatoms. The lowest BCUT2D eigenvalue weighted by atomic mass is 10.0. The van der Waals surface area contributed by atoms with E-state index in [9.17, 15) is 4.79 Å². The summed E-state index contributed by atoms with van der Waals surface area (Å²) in [5, 5.41) is 15.9. The standard InChI is InChI=1S/C18H20N6O/c1-13-20-21-16-9-10-17(22-24(13)16)23-11-5-8-15(12-23)19-18(25)14-6-3-2-4-7-14/h2-4,6-7,9-10,15H,5,8,11-12H2,1H3,(H,19,25). The summed E-state index contributed by atoms with van der Waals surface area (Å²) in [5.41, 5.74) is 1.44. The second-order valence-electron chi connectivity index (χ2n) is 6.33. The van der Waals surface area contributed by atoms with Gasteiger partial charge < -0.3 is 10.2 Å². The number of rotatable bonds is 3. The molecule has 2 aromatic heterocycles. The number of nitrogens with one attached hydrogen (secondary N) is 1. The molecule has 1 saturated heterocycles. The summed E-state index contributed by atoms with van der Waals surface area (Å²) >= 11 is 0. The summed E-state index contributed by atoms with van der Waals surface area (Å²) in [6, 6.07) is 13.3.